The molecule has 3 aromatic rings. The molecule has 1 unspecified atom stereocenters. The number of aromatic carboxylic acids is 1. The molecule has 0 spiro atoms. The summed E-state index contributed by atoms with van der Waals surface area (Å²) in [5.41, 5.74) is 3.53. The van der Waals surface area contributed by atoms with Crippen LogP contribution in [-0.2, 0) is 0 Å². The van der Waals surface area contributed by atoms with E-state index in [1.165, 1.54) is 17.2 Å². The number of benzene rings is 2. The summed E-state index contributed by atoms with van der Waals surface area (Å²) in [6, 6.07) is 21.8. The van der Waals surface area contributed by atoms with Crippen molar-refractivity contribution >= 4 is 17.5 Å². The van der Waals surface area contributed by atoms with Gasteiger partial charge >= 0.3 is 5.97 Å². The highest BCUT2D eigenvalue weighted by Crippen LogP contribution is 2.42. The molecule has 0 saturated heterocycles. The van der Waals surface area contributed by atoms with E-state index in [9.17, 15) is 4.79 Å². The standard InChI is InChI=1S/C19H15N3O2/c23-19(24)16-10-11-18(21-20-16)22-12-15(13-6-2-1-3-7-13)14-8-4-5-9-17(14)22/h1-11,15H,12H2,(H,23,24). The van der Waals surface area contributed by atoms with Crippen molar-refractivity contribution in [3.63, 3.8) is 0 Å². The summed E-state index contributed by atoms with van der Waals surface area (Å²) in [7, 11) is 0. The van der Waals surface area contributed by atoms with Gasteiger partial charge in [-0.05, 0) is 29.3 Å². The molecule has 0 bridgehead atoms. The van der Waals surface area contributed by atoms with Gasteiger partial charge in [0.15, 0.2) is 11.5 Å². The molecule has 24 heavy (non-hydrogen) atoms. The van der Waals surface area contributed by atoms with Gasteiger partial charge in [-0.25, -0.2) is 4.79 Å². The number of para-hydroxylation sites is 1. The summed E-state index contributed by atoms with van der Waals surface area (Å²) in [6.45, 7) is 0.754. The molecule has 1 aliphatic heterocycles. The quantitative estimate of drug-likeness (QED) is 0.801. The monoisotopic (exact) mass is 317 g/mol. The average molecular weight is 317 g/mol. The fraction of sp³-hybridized carbons (Fsp3) is 0.105. The van der Waals surface area contributed by atoms with Crippen LogP contribution in [0.25, 0.3) is 0 Å². The highest BCUT2D eigenvalue weighted by molar-refractivity contribution is 5.85. The molecule has 0 radical (unpaired) electrons. The zero-order valence-corrected chi connectivity index (χ0v) is 12.8. The highest BCUT2D eigenvalue weighted by Gasteiger charge is 2.31. The van der Waals surface area contributed by atoms with Crippen molar-refractivity contribution in [3.05, 3.63) is 83.6 Å². The van der Waals surface area contributed by atoms with Gasteiger partial charge in [0.05, 0.1) is 0 Å². The Kier molecular flexibility index (Phi) is 3.46. The molecular weight excluding hydrogens is 302 g/mol. The minimum atomic E-state index is -1.07. The SMILES string of the molecule is O=C(O)c1ccc(N2CC(c3ccccc3)c3ccccc32)nn1. The maximum Gasteiger partial charge on any atom is 0.356 e. The van der Waals surface area contributed by atoms with Gasteiger partial charge in [-0.15, -0.1) is 10.2 Å². The first-order chi connectivity index (χ1) is 11.7. The van der Waals surface area contributed by atoms with E-state index in [0.717, 1.165) is 12.2 Å². The molecule has 1 aromatic heterocycles. The third-order valence-corrected chi connectivity index (χ3v) is 4.32. The number of hydrogen-bond donors (Lipinski definition) is 1. The van der Waals surface area contributed by atoms with Gasteiger partial charge in [0, 0.05) is 18.2 Å². The van der Waals surface area contributed by atoms with Crippen LogP contribution in [-0.4, -0.2) is 27.8 Å². The molecule has 2 heterocycles. The minimum Gasteiger partial charge on any atom is -0.476 e. The highest BCUT2D eigenvalue weighted by atomic mass is 16.4. The Morgan fingerprint density at radius 1 is 0.958 bits per heavy atom. The van der Waals surface area contributed by atoms with E-state index >= 15 is 0 Å². The van der Waals surface area contributed by atoms with E-state index < -0.39 is 5.97 Å². The first-order valence-electron chi connectivity index (χ1n) is 7.72. The lowest BCUT2D eigenvalue weighted by molar-refractivity contribution is 0.0689. The Morgan fingerprint density at radius 3 is 2.42 bits per heavy atom. The lowest BCUT2D eigenvalue weighted by Crippen LogP contribution is -2.18. The summed E-state index contributed by atoms with van der Waals surface area (Å²) < 4.78 is 0. The minimum absolute atomic E-state index is 0.0501. The second kappa shape index (κ2) is 5.77. The maximum atomic E-state index is 11.0. The third kappa shape index (κ3) is 2.40. The molecule has 0 amide bonds. The Balaban J connectivity index is 1.74. The van der Waals surface area contributed by atoms with Gasteiger partial charge in [-0.1, -0.05) is 48.5 Å². The number of aromatic nitrogens is 2. The second-order valence-electron chi connectivity index (χ2n) is 5.71. The van der Waals surface area contributed by atoms with Crippen LogP contribution in [0.1, 0.15) is 27.5 Å². The Bertz CT molecular complexity index is 879. The van der Waals surface area contributed by atoms with E-state index in [1.807, 2.05) is 30.3 Å². The van der Waals surface area contributed by atoms with Gasteiger partial charge in [0.2, 0.25) is 0 Å². The van der Waals surface area contributed by atoms with Crippen molar-refractivity contribution in [3.8, 4) is 0 Å². The topological polar surface area (TPSA) is 66.3 Å². The Morgan fingerprint density at radius 2 is 1.71 bits per heavy atom. The Hall–Kier alpha value is -3.21. The van der Waals surface area contributed by atoms with Crippen molar-refractivity contribution < 1.29 is 9.90 Å². The summed E-state index contributed by atoms with van der Waals surface area (Å²) in [5.74, 6) is -0.160. The second-order valence-corrected chi connectivity index (χ2v) is 5.71. The molecule has 2 aromatic carbocycles. The van der Waals surface area contributed by atoms with E-state index in [4.69, 9.17) is 5.11 Å². The first-order valence-corrected chi connectivity index (χ1v) is 7.72. The third-order valence-electron chi connectivity index (χ3n) is 4.32. The zero-order valence-electron chi connectivity index (χ0n) is 12.8. The summed E-state index contributed by atoms with van der Waals surface area (Å²) in [4.78, 5) is 13.0. The van der Waals surface area contributed by atoms with Crippen molar-refractivity contribution in [2.45, 2.75) is 5.92 Å². The molecule has 1 atom stereocenters. The van der Waals surface area contributed by atoms with E-state index in [0.29, 0.717) is 5.82 Å². The van der Waals surface area contributed by atoms with Crippen LogP contribution in [0, 0.1) is 0 Å². The van der Waals surface area contributed by atoms with Crippen LogP contribution in [0.5, 0.6) is 0 Å². The van der Waals surface area contributed by atoms with Crippen LogP contribution in [0.2, 0.25) is 0 Å². The molecule has 0 aliphatic carbocycles. The smallest absolute Gasteiger partial charge is 0.356 e. The molecule has 0 saturated carbocycles. The van der Waals surface area contributed by atoms with E-state index in [2.05, 4.69) is 39.4 Å². The molecule has 5 heteroatoms. The lowest BCUT2D eigenvalue weighted by atomic mass is 9.93. The van der Waals surface area contributed by atoms with Gasteiger partial charge < -0.3 is 10.0 Å². The predicted molar refractivity (Wildman–Crippen MR) is 90.7 cm³/mol. The molecule has 1 aliphatic rings. The molecule has 118 valence electrons. The zero-order chi connectivity index (χ0) is 16.5. The number of nitrogens with zero attached hydrogens (tertiary/aromatic N) is 3. The molecule has 0 fully saturated rings. The van der Waals surface area contributed by atoms with Crippen LogP contribution in [0.15, 0.2) is 66.7 Å². The van der Waals surface area contributed by atoms with Crippen molar-refractivity contribution in [1.82, 2.24) is 10.2 Å². The number of anilines is 2. The van der Waals surface area contributed by atoms with Crippen LogP contribution >= 0.6 is 0 Å². The molecule has 5 nitrogen and oxygen atoms in total. The predicted octanol–water partition coefficient (Wildman–Crippen LogP) is 3.46. The summed E-state index contributed by atoms with van der Waals surface area (Å²) in [5, 5.41) is 16.9. The Labute approximate surface area is 139 Å². The normalized spacial score (nSPS) is 16.0. The summed E-state index contributed by atoms with van der Waals surface area (Å²) >= 11 is 0. The van der Waals surface area contributed by atoms with Gasteiger partial charge in [-0.2, -0.15) is 0 Å². The van der Waals surface area contributed by atoms with Crippen LogP contribution in [0.4, 0.5) is 11.5 Å². The fourth-order valence-electron chi connectivity index (χ4n) is 3.18. The first kappa shape index (κ1) is 14.4. The van der Waals surface area contributed by atoms with Crippen molar-refractivity contribution in [1.29, 1.82) is 0 Å². The lowest BCUT2D eigenvalue weighted by Gasteiger charge is -2.18. The van der Waals surface area contributed by atoms with Gasteiger partial charge in [0.1, 0.15) is 0 Å². The van der Waals surface area contributed by atoms with Crippen LogP contribution in [0.3, 0.4) is 0 Å². The summed E-state index contributed by atoms with van der Waals surface area (Å²) in [6.07, 6.45) is 0. The maximum absolute atomic E-state index is 11.0. The average Bonchev–Trinajstić information content (AvgIpc) is 3.02. The van der Waals surface area contributed by atoms with Crippen molar-refractivity contribution in [2.24, 2.45) is 0 Å². The number of carbonyl (C=O) groups is 1. The number of carboxylic acid groups (broad SMARTS) is 1. The molecule has 1 N–H and O–H groups in total. The molecule has 4 rings (SSSR count). The van der Waals surface area contributed by atoms with Crippen molar-refractivity contribution in [2.75, 3.05) is 11.4 Å². The number of rotatable bonds is 3. The number of carboxylic acids is 1. The van der Waals surface area contributed by atoms with Gasteiger partial charge in [0.25, 0.3) is 0 Å². The number of hydrogen-bond acceptors (Lipinski definition) is 4. The number of fused-ring (bicyclic) bond motifs is 1. The largest absolute Gasteiger partial charge is 0.476 e. The van der Waals surface area contributed by atoms with Gasteiger partial charge in [-0.3, -0.25) is 0 Å². The van der Waals surface area contributed by atoms with Crippen LogP contribution < -0.4 is 4.90 Å². The van der Waals surface area contributed by atoms with E-state index in [1.54, 1.807) is 6.07 Å². The molecular formula is C19H15N3O2. The van der Waals surface area contributed by atoms with E-state index in [-0.39, 0.29) is 11.6 Å². The fourth-order valence-corrected chi connectivity index (χ4v) is 3.18.